The first kappa shape index (κ1) is 17.2. The van der Waals surface area contributed by atoms with Gasteiger partial charge in [0.05, 0.1) is 5.02 Å². The first-order valence-electron chi connectivity index (χ1n) is 6.60. The second-order valence-electron chi connectivity index (χ2n) is 4.54. The Kier molecular flexibility index (Phi) is 5.96. The molecule has 0 spiro atoms. The van der Waals surface area contributed by atoms with Gasteiger partial charge >= 0.3 is 5.97 Å². The monoisotopic (exact) mass is 355 g/mol. The normalized spacial score (nSPS) is 10.2. The molecule has 0 aromatic heterocycles. The number of rotatable bonds is 5. The van der Waals surface area contributed by atoms with Crippen molar-refractivity contribution in [3.05, 3.63) is 69.5 Å². The van der Waals surface area contributed by atoms with Gasteiger partial charge in [0.15, 0.2) is 6.61 Å². The minimum absolute atomic E-state index is 0.0773. The number of ether oxygens (including phenoxy) is 1. The van der Waals surface area contributed by atoms with E-state index in [1.807, 2.05) is 0 Å². The van der Waals surface area contributed by atoms with Crippen molar-refractivity contribution in [3.63, 3.8) is 0 Å². The molecule has 0 aliphatic carbocycles. The number of carbonyl (C=O) groups is 2. The molecule has 0 unspecified atom stereocenters. The fraction of sp³-hybridized carbons (Fsp3) is 0.125. The van der Waals surface area contributed by atoms with Gasteiger partial charge in [0.1, 0.15) is 11.4 Å². The lowest BCUT2D eigenvalue weighted by Gasteiger charge is -2.09. The molecule has 1 amide bonds. The molecule has 0 saturated heterocycles. The summed E-state index contributed by atoms with van der Waals surface area (Å²) in [6.45, 7) is -0.357. The summed E-state index contributed by atoms with van der Waals surface area (Å²) in [6.07, 6.45) is 0. The number of halogens is 3. The molecule has 0 radical (unpaired) electrons. The summed E-state index contributed by atoms with van der Waals surface area (Å²) < 4.78 is 18.3. The maximum atomic E-state index is 13.5. The van der Waals surface area contributed by atoms with Gasteiger partial charge < -0.3 is 10.1 Å². The van der Waals surface area contributed by atoms with Gasteiger partial charge in [-0.25, -0.2) is 9.18 Å². The van der Waals surface area contributed by atoms with Gasteiger partial charge in [0.2, 0.25) is 0 Å². The summed E-state index contributed by atoms with van der Waals surface area (Å²) in [5, 5.41) is 2.99. The minimum atomic E-state index is -0.999. The standard InChI is InChI=1S/C16H12Cl2FNO3/c17-11-5-2-1-4-10(11)8-20-14(21)9-23-16(22)15-12(18)6-3-7-13(15)19/h1-7H,8-9H2,(H,20,21). The van der Waals surface area contributed by atoms with Crippen molar-refractivity contribution < 1.29 is 18.7 Å². The van der Waals surface area contributed by atoms with Crippen LogP contribution in [0.15, 0.2) is 42.5 Å². The fourth-order valence-corrected chi connectivity index (χ4v) is 2.23. The van der Waals surface area contributed by atoms with Crippen molar-refractivity contribution in [1.29, 1.82) is 0 Å². The highest BCUT2D eigenvalue weighted by Gasteiger charge is 2.18. The fourth-order valence-electron chi connectivity index (χ4n) is 1.78. The molecule has 0 atom stereocenters. The van der Waals surface area contributed by atoms with Crippen molar-refractivity contribution in [2.24, 2.45) is 0 Å². The van der Waals surface area contributed by atoms with Crippen LogP contribution in [0.25, 0.3) is 0 Å². The number of hydrogen-bond acceptors (Lipinski definition) is 3. The summed E-state index contributed by atoms with van der Waals surface area (Å²) in [5.74, 6) is -2.34. The summed E-state index contributed by atoms with van der Waals surface area (Å²) >= 11 is 11.7. The Morgan fingerprint density at radius 2 is 1.74 bits per heavy atom. The number of esters is 1. The second kappa shape index (κ2) is 7.94. The Balaban J connectivity index is 1.87. The van der Waals surface area contributed by atoms with Gasteiger partial charge in [-0.1, -0.05) is 47.5 Å². The highest BCUT2D eigenvalue weighted by Crippen LogP contribution is 2.19. The predicted molar refractivity (Wildman–Crippen MR) is 85.0 cm³/mol. The van der Waals surface area contributed by atoms with Crippen molar-refractivity contribution in [1.82, 2.24) is 5.32 Å². The SMILES string of the molecule is O=C(COC(=O)c1c(F)cccc1Cl)NCc1ccccc1Cl. The van der Waals surface area contributed by atoms with Crippen LogP contribution >= 0.6 is 23.2 Å². The van der Waals surface area contributed by atoms with E-state index in [4.69, 9.17) is 27.9 Å². The van der Waals surface area contributed by atoms with Gasteiger partial charge in [-0.2, -0.15) is 0 Å². The van der Waals surface area contributed by atoms with Crippen molar-refractivity contribution >= 4 is 35.1 Å². The smallest absolute Gasteiger partial charge is 0.343 e. The molecule has 1 N–H and O–H groups in total. The minimum Gasteiger partial charge on any atom is -0.452 e. The number of benzene rings is 2. The second-order valence-corrected chi connectivity index (χ2v) is 5.36. The molecule has 2 aromatic carbocycles. The molecule has 2 rings (SSSR count). The molecule has 0 aliphatic rings. The topological polar surface area (TPSA) is 55.4 Å². The Morgan fingerprint density at radius 3 is 2.43 bits per heavy atom. The highest BCUT2D eigenvalue weighted by molar-refractivity contribution is 6.33. The van der Waals surface area contributed by atoms with E-state index < -0.39 is 29.9 Å². The molecule has 0 bridgehead atoms. The van der Waals surface area contributed by atoms with Crippen LogP contribution in [0, 0.1) is 5.82 Å². The zero-order chi connectivity index (χ0) is 16.8. The van der Waals surface area contributed by atoms with Crippen LogP contribution < -0.4 is 5.32 Å². The molecule has 23 heavy (non-hydrogen) atoms. The largest absolute Gasteiger partial charge is 0.452 e. The van der Waals surface area contributed by atoms with Crippen molar-refractivity contribution in [2.75, 3.05) is 6.61 Å². The van der Waals surface area contributed by atoms with E-state index in [2.05, 4.69) is 5.32 Å². The number of nitrogens with one attached hydrogen (secondary N) is 1. The quantitative estimate of drug-likeness (QED) is 0.833. The van der Waals surface area contributed by atoms with Crippen LogP contribution in [0.2, 0.25) is 10.0 Å². The summed E-state index contributed by atoms with van der Waals surface area (Å²) in [4.78, 5) is 23.4. The van der Waals surface area contributed by atoms with Crippen LogP contribution in [0.1, 0.15) is 15.9 Å². The van der Waals surface area contributed by atoms with Gasteiger partial charge in [-0.15, -0.1) is 0 Å². The lowest BCUT2D eigenvalue weighted by Crippen LogP contribution is -2.28. The number of amides is 1. The average molecular weight is 356 g/mol. The van der Waals surface area contributed by atoms with E-state index >= 15 is 0 Å². The predicted octanol–water partition coefficient (Wildman–Crippen LogP) is 3.61. The summed E-state index contributed by atoms with van der Waals surface area (Å²) in [5.41, 5.74) is 0.332. The highest BCUT2D eigenvalue weighted by atomic mass is 35.5. The first-order chi connectivity index (χ1) is 11.0. The molecular weight excluding hydrogens is 344 g/mol. The Morgan fingerprint density at radius 1 is 1.04 bits per heavy atom. The van der Waals surface area contributed by atoms with Crippen LogP contribution in [0.3, 0.4) is 0 Å². The van der Waals surface area contributed by atoms with Gasteiger partial charge in [0.25, 0.3) is 5.91 Å². The maximum Gasteiger partial charge on any atom is 0.343 e. The third kappa shape index (κ3) is 4.68. The lowest BCUT2D eigenvalue weighted by atomic mass is 10.2. The summed E-state index contributed by atoms with van der Waals surface area (Å²) in [7, 11) is 0. The molecule has 4 nitrogen and oxygen atoms in total. The molecule has 7 heteroatoms. The van der Waals surface area contributed by atoms with E-state index in [-0.39, 0.29) is 11.6 Å². The Bertz CT molecular complexity index is 717. The molecule has 2 aromatic rings. The Hall–Kier alpha value is -2.11. The summed E-state index contributed by atoms with van der Waals surface area (Å²) in [6, 6.07) is 10.8. The van der Waals surface area contributed by atoms with Gasteiger partial charge in [-0.3, -0.25) is 4.79 Å². The third-order valence-corrected chi connectivity index (χ3v) is 3.62. The van der Waals surface area contributed by atoms with E-state index in [1.165, 1.54) is 12.1 Å². The van der Waals surface area contributed by atoms with E-state index in [0.717, 1.165) is 11.6 Å². The van der Waals surface area contributed by atoms with Crippen LogP contribution in [-0.2, 0) is 16.1 Å². The molecular formula is C16H12Cl2FNO3. The van der Waals surface area contributed by atoms with Crippen LogP contribution in [0.4, 0.5) is 4.39 Å². The molecule has 0 saturated carbocycles. The molecule has 0 heterocycles. The van der Waals surface area contributed by atoms with Crippen LogP contribution in [-0.4, -0.2) is 18.5 Å². The Labute approximate surface area is 142 Å². The lowest BCUT2D eigenvalue weighted by molar-refractivity contribution is -0.124. The van der Waals surface area contributed by atoms with Gasteiger partial charge in [0, 0.05) is 11.6 Å². The first-order valence-corrected chi connectivity index (χ1v) is 7.36. The average Bonchev–Trinajstić information content (AvgIpc) is 2.52. The van der Waals surface area contributed by atoms with Crippen LogP contribution in [0.5, 0.6) is 0 Å². The number of hydrogen-bond donors (Lipinski definition) is 1. The molecule has 0 fully saturated rings. The van der Waals surface area contributed by atoms with E-state index in [9.17, 15) is 14.0 Å². The third-order valence-electron chi connectivity index (χ3n) is 2.94. The van der Waals surface area contributed by atoms with Crippen molar-refractivity contribution in [2.45, 2.75) is 6.54 Å². The van der Waals surface area contributed by atoms with E-state index in [1.54, 1.807) is 24.3 Å². The molecule has 0 aliphatic heterocycles. The molecule has 120 valence electrons. The maximum absolute atomic E-state index is 13.5. The number of carbonyl (C=O) groups excluding carboxylic acids is 2. The van der Waals surface area contributed by atoms with Crippen molar-refractivity contribution in [3.8, 4) is 0 Å². The van der Waals surface area contributed by atoms with E-state index in [0.29, 0.717) is 5.02 Å². The van der Waals surface area contributed by atoms with Gasteiger partial charge in [-0.05, 0) is 23.8 Å². The zero-order valence-corrected chi connectivity index (χ0v) is 13.3. The zero-order valence-electron chi connectivity index (χ0n) is 11.8.